The molecule has 15 heteroatoms. The van der Waals surface area contributed by atoms with E-state index in [0.717, 1.165) is 42.3 Å². The van der Waals surface area contributed by atoms with Gasteiger partial charge in [-0.3, -0.25) is 28.5 Å². The Kier molecular flexibility index (Phi) is 8.69. The van der Waals surface area contributed by atoms with Gasteiger partial charge in [0.25, 0.3) is 32.1 Å². The van der Waals surface area contributed by atoms with Gasteiger partial charge in [0.1, 0.15) is 15.4 Å². The number of amides is 4. The lowest BCUT2D eigenvalue weighted by molar-refractivity contribution is -0.134. The van der Waals surface area contributed by atoms with Gasteiger partial charge in [0.15, 0.2) is 0 Å². The first kappa shape index (κ1) is 37.1. The Hall–Kier alpha value is -5.87. The second-order valence-electron chi connectivity index (χ2n) is 13.8. The molecule has 4 amide bonds. The number of aromatic nitrogens is 2. The molecule has 2 aromatic heterocycles. The number of urea groups is 1. The smallest absolute Gasteiger partial charge is 0.333 e. The molecule has 8 rings (SSSR count). The van der Waals surface area contributed by atoms with Gasteiger partial charge in [-0.05, 0) is 79.8 Å². The Bertz CT molecular complexity index is 2990. The molecular formula is C41H36N4O9S2. The predicted octanol–water partition coefficient (Wildman–Crippen LogP) is 5.13. The molecule has 1 saturated carbocycles. The van der Waals surface area contributed by atoms with Crippen molar-refractivity contribution in [2.24, 2.45) is 0 Å². The van der Waals surface area contributed by atoms with Gasteiger partial charge < -0.3 is 9.13 Å². The summed E-state index contributed by atoms with van der Waals surface area (Å²) in [4.78, 5) is 41.9. The third-order valence-electron chi connectivity index (χ3n) is 10.9. The molecule has 4 aromatic carbocycles. The SMILES string of the molecule is CCn1/c(=C/C=C2\CC/C(=C\C=c3/c4cccc5c(S(=O)(=O)O)ccc(c54)n3CC)C2=C2C(=O)N(C)C(=O)N(C)C2=O)c2cccc3c(S(=O)(=O)O)ccc1c32. The van der Waals surface area contributed by atoms with Crippen LogP contribution in [0.25, 0.3) is 55.5 Å². The zero-order valence-corrected chi connectivity index (χ0v) is 32.4. The van der Waals surface area contributed by atoms with Crippen molar-refractivity contribution in [3.8, 4) is 0 Å². The molecule has 0 unspecified atom stereocenters. The molecule has 2 aliphatic rings. The number of aryl methyl sites for hydroxylation is 2. The van der Waals surface area contributed by atoms with Crippen molar-refractivity contribution < 1.29 is 40.3 Å². The van der Waals surface area contributed by atoms with E-state index in [1.54, 1.807) is 36.4 Å². The molecule has 2 N–H and O–H groups in total. The van der Waals surface area contributed by atoms with E-state index in [9.17, 15) is 40.3 Å². The number of hydrogen-bond donors (Lipinski definition) is 2. The molecule has 1 aliphatic heterocycles. The van der Waals surface area contributed by atoms with Gasteiger partial charge in [0.2, 0.25) is 0 Å². The molecule has 1 saturated heterocycles. The number of imide groups is 2. The molecule has 0 bridgehead atoms. The van der Waals surface area contributed by atoms with Crippen LogP contribution >= 0.6 is 0 Å². The van der Waals surface area contributed by atoms with E-state index in [2.05, 4.69) is 0 Å². The van der Waals surface area contributed by atoms with Crippen LogP contribution in [0.4, 0.5) is 4.79 Å². The lowest BCUT2D eigenvalue weighted by Crippen LogP contribution is -2.53. The van der Waals surface area contributed by atoms with Crippen LogP contribution < -0.4 is 10.7 Å². The summed E-state index contributed by atoms with van der Waals surface area (Å²) < 4.78 is 73.1. The van der Waals surface area contributed by atoms with E-state index >= 15 is 0 Å². The lowest BCUT2D eigenvalue weighted by atomic mass is 9.95. The van der Waals surface area contributed by atoms with Crippen LogP contribution in [-0.2, 0) is 42.9 Å². The third-order valence-corrected chi connectivity index (χ3v) is 12.7. The molecule has 6 aromatic rings. The zero-order valence-electron chi connectivity index (χ0n) is 30.8. The minimum absolute atomic E-state index is 0.148. The van der Waals surface area contributed by atoms with Crippen molar-refractivity contribution in [3.05, 3.63) is 106 Å². The fourth-order valence-electron chi connectivity index (χ4n) is 8.42. The van der Waals surface area contributed by atoms with E-state index in [1.165, 1.54) is 26.2 Å². The first-order chi connectivity index (χ1) is 26.6. The fraction of sp³-hybridized carbons (Fsp3) is 0.195. The summed E-state index contributed by atoms with van der Waals surface area (Å²) in [5.74, 6) is -1.46. The van der Waals surface area contributed by atoms with Gasteiger partial charge in [-0.2, -0.15) is 16.8 Å². The van der Waals surface area contributed by atoms with Crippen molar-refractivity contribution in [2.45, 2.75) is 49.6 Å². The van der Waals surface area contributed by atoms with Crippen molar-refractivity contribution in [3.63, 3.8) is 0 Å². The first-order valence-electron chi connectivity index (χ1n) is 17.9. The van der Waals surface area contributed by atoms with E-state index in [-0.39, 0.29) is 15.4 Å². The lowest BCUT2D eigenvalue weighted by Gasteiger charge is -2.30. The second kappa shape index (κ2) is 13.1. The number of nitrogens with zero attached hydrogens (tertiary/aromatic N) is 4. The number of barbiturate groups is 1. The molecule has 2 fully saturated rings. The van der Waals surface area contributed by atoms with Gasteiger partial charge in [-0.15, -0.1) is 0 Å². The zero-order chi connectivity index (χ0) is 40.0. The van der Waals surface area contributed by atoms with E-state index < -0.39 is 38.1 Å². The van der Waals surface area contributed by atoms with Crippen molar-refractivity contribution in [2.75, 3.05) is 14.1 Å². The van der Waals surface area contributed by atoms with Gasteiger partial charge in [-0.1, -0.05) is 48.6 Å². The highest BCUT2D eigenvalue weighted by Crippen LogP contribution is 2.40. The summed E-state index contributed by atoms with van der Waals surface area (Å²) in [6, 6.07) is 15.8. The highest BCUT2D eigenvalue weighted by Gasteiger charge is 2.42. The summed E-state index contributed by atoms with van der Waals surface area (Å²) in [6.07, 6.45) is 8.33. The normalized spacial score (nSPS) is 18.4. The van der Waals surface area contributed by atoms with E-state index in [1.807, 2.05) is 59.4 Å². The van der Waals surface area contributed by atoms with Gasteiger partial charge in [-0.25, -0.2) is 4.79 Å². The van der Waals surface area contributed by atoms with Gasteiger partial charge >= 0.3 is 6.03 Å². The summed E-state index contributed by atoms with van der Waals surface area (Å²) in [6.45, 7) is 4.97. The van der Waals surface area contributed by atoms with Crippen LogP contribution in [0.1, 0.15) is 26.7 Å². The predicted molar refractivity (Wildman–Crippen MR) is 213 cm³/mol. The van der Waals surface area contributed by atoms with Crippen LogP contribution in [0.2, 0.25) is 0 Å². The molecule has 0 atom stereocenters. The molecule has 56 heavy (non-hydrogen) atoms. The van der Waals surface area contributed by atoms with Crippen molar-refractivity contribution in [1.82, 2.24) is 18.9 Å². The maximum absolute atomic E-state index is 13.8. The number of rotatable bonds is 6. The van der Waals surface area contributed by atoms with Crippen LogP contribution in [0.5, 0.6) is 0 Å². The Morgan fingerprint density at radius 3 is 1.34 bits per heavy atom. The minimum Gasteiger partial charge on any atom is -0.341 e. The summed E-state index contributed by atoms with van der Waals surface area (Å²) in [7, 11) is -6.35. The van der Waals surface area contributed by atoms with Gasteiger partial charge in [0.05, 0.1) is 0 Å². The molecule has 0 spiro atoms. The molecule has 0 radical (unpaired) electrons. The number of hydrogen-bond acceptors (Lipinski definition) is 7. The van der Waals surface area contributed by atoms with Crippen molar-refractivity contribution >= 4 is 93.6 Å². The Morgan fingerprint density at radius 1 is 0.571 bits per heavy atom. The number of carbonyl (C=O) groups is 3. The molecule has 13 nitrogen and oxygen atoms in total. The highest BCUT2D eigenvalue weighted by atomic mass is 32.2. The Morgan fingerprint density at radius 2 is 0.964 bits per heavy atom. The number of allylic oxidation sites excluding steroid dienone is 5. The van der Waals surface area contributed by atoms with Gasteiger partial charge in [0, 0.05) is 81.2 Å². The molecule has 286 valence electrons. The molecule has 1 aliphatic carbocycles. The van der Waals surface area contributed by atoms with Crippen LogP contribution in [0, 0.1) is 0 Å². The van der Waals surface area contributed by atoms with E-state index in [4.69, 9.17) is 0 Å². The Balaban J connectivity index is 1.38. The summed E-state index contributed by atoms with van der Waals surface area (Å²) >= 11 is 0. The number of likely N-dealkylation sites (N-methyl/N-ethyl adjacent to an activating group) is 2. The highest BCUT2D eigenvalue weighted by molar-refractivity contribution is 7.86. The maximum atomic E-state index is 13.8. The fourth-order valence-corrected chi connectivity index (χ4v) is 9.80. The molecular weight excluding hydrogens is 757 g/mol. The standard InChI is InChI=1S/C41H36N4O9S2/c1-5-44-29(25-9-7-11-27-33(55(49,50)51)21-19-31(44)36(25)27)17-15-23-13-14-24(35(23)38-39(46)42(3)41(48)43(4)40(38)47)16-18-30-26-10-8-12-28-34(56(52,53)54)22-20-32(37(26)28)45(30)6-2/h7-12,15-22H,5-6,13-14H2,1-4H3,(H,49,50,51)(H,52,53,54)/b23-15+,24-16+,29-17+,30-18+. The van der Waals surface area contributed by atoms with Crippen LogP contribution in [0.15, 0.2) is 105 Å². The average Bonchev–Trinajstić information content (AvgIpc) is 3.81. The minimum atomic E-state index is -4.50. The topological polar surface area (TPSA) is 176 Å². The van der Waals surface area contributed by atoms with Crippen LogP contribution in [0.3, 0.4) is 0 Å². The average molecular weight is 793 g/mol. The maximum Gasteiger partial charge on any atom is 0.333 e. The summed E-state index contributed by atoms with van der Waals surface area (Å²) in [5.41, 5.74) is 3.14. The number of benzene rings is 4. The summed E-state index contributed by atoms with van der Waals surface area (Å²) in [5, 5.41) is 5.10. The number of carbonyl (C=O) groups excluding carboxylic acids is 3. The van der Waals surface area contributed by atoms with Crippen LogP contribution in [-0.4, -0.2) is 76.8 Å². The van der Waals surface area contributed by atoms with Crippen molar-refractivity contribution in [1.29, 1.82) is 0 Å². The Labute approximate surface area is 321 Å². The van der Waals surface area contributed by atoms with E-state index in [0.29, 0.717) is 64.2 Å². The monoisotopic (exact) mass is 792 g/mol. The quantitative estimate of drug-likeness (QED) is 0.132. The third kappa shape index (κ3) is 5.52. The largest absolute Gasteiger partial charge is 0.341 e. The first-order valence-corrected chi connectivity index (χ1v) is 20.8. The second-order valence-corrected chi connectivity index (χ2v) is 16.6. The molecule has 3 heterocycles.